The molecular weight excluding hydrogens is 423 g/mol. The summed E-state index contributed by atoms with van der Waals surface area (Å²) in [7, 11) is 0. The Labute approximate surface area is 192 Å². The molecule has 0 radical (unpaired) electrons. The van der Waals surface area contributed by atoms with Crippen molar-refractivity contribution in [1.82, 2.24) is 19.7 Å². The molecule has 7 nitrogen and oxygen atoms in total. The number of ether oxygens (including phenoxy) is 1. The Bertz CT molecular complexity index is 1120. The van der Waals surface area contributed by atoms with Gasteiger partial charge >= 0.3 is 5.97 Å². The van der Waals surface area contributed by atoms with Crippen LogP contribution >= 0.6 is 0 Å². The molecule has 0 spiro atoms. The number of carbonyl (C=O) groups is 2. The molecular formula is C25H29FN4O3. The third kappa shape index (κ3) is 5.38. The molecule has 1 aliphatic carbocycles. The third-order valence-corrected chi connectivity index (χ3v) is 6.09. The summed E-state index contributed by atoms with van der Waals surface area (Å²) >= 11 is 0. The smallest absolute Gasteiger partial charge is 0.340 e. The van der Waals surface area contributed by atoms with Gasteiger partial charge in [0.2, 0.25) is 0 Å². The zero-order chi connectivity index (χ0) is 23.4. The first-order chi connectivity index (χ1) is 15.9. The average molecular weight is 453 g/mol. The predicted octanol–water partition coefficient (Wildman–Crippen LogP) is 4.67. The fourth-order valence-corrected chi connectivity index (χ4v) is 4.32. The Morgan fingerprint density at radius 2 is 1.88 bits per heavy atom. The van der Waals surface area contributed by atoms with Crippen LogP contribution in [0, 0.1) is 5.82 Å². The number of esters is 1. The summed E-state index contributed by atoms with van der Waals surface area (Å²) in [5.74, 6) is -1.16. The average Bonchev–Trinajstić information content (AvgIpc) is 3.26. The van der Waals surface area contributed by atoms with E-state index in [-0.39, 0.29) is 36.0 Å². The van der Waals surface area contributed by atoms with Crippen molar-refractivity contribution >= 4 is 22.9 Å². The first kappa shape index (κ1) is 22.9. The zero-order valence-electron chi connectivity index (χ0n) is 19.0. The number of fused-ring (bicyclic) bond motifs is 1. The van der Waals surface area contributed by atoms with Crippen LogP contribution in [0.2, 0.25) is 0 Å². The number of hydrogen-bond acceptors (Lipinski definition) is 5. The van der Waals surface area contributed by atoms with Gasteiger partial charge in [0.05, 0.1) is 11.8 Å². The van der Waals surface area contributed by atoms with Crippen LogP contribution in [0.5, 0.6) is 0 Å². The van der Waals surface area contributed by atoms with E-state index in [4.69, 9.17) is 4.74 Å². The van der Waals surface area contributed by atoms with E-state index in [1.54, 1.807) is 34.0 Å². The SMILES string of the molecule is CC(C)n1ncc2cc(C(=O)OCC(=O)N(Cc3ccc(F)cc3)C3CCCCC3)cnc21. The topological polar surface area (TPSA) is 77.3 Å². The highest BCUT2D eigenvalue weighted by Crippen LogP contribution is 2.25. The predicted molar refractivity (Wildman–Crippen MR) is 122 cm³/mol. The molecule has 1 aliphatic rings. The Morgan fingerprint density at radius 1 is 1.15 bits per heavy atom. The maximum Gasteiger partial charge on any atom is 0.340 e. The van der Waals surface area contributed by atoms with Gasteiger partial charge in [-0.2, -0.15) is 5.10 Å². The molecule has 1 amide bonds. The lowest BCUT2D eigenvalue weighted by molar-refractivity contribution is -0.138. The molecule has 1 aromatic carbocycles. The fourth-order valence-electron chi connectivity index (χ4n) is 4.32. The van der Waals surface area contributed by atoms with E-state index in [0.717, 1.165) is 43.1 Å². The maximum absolute atomic E-state index is 13.3. The van der Waals surface area contributed by atoms with Crippen LogP contribution in [0.1, 0.15) is 67.9 Å². The number of pyridine rings is 1. The molecule has 8 heteroatoms. The largest absolute Gasteiger partial charge is 0.452 e. The molecule has 3 aromatic rings. The molecule has 0 aliphatic heterocycles. The van der Waals surface area contributed by atoms with E-state index in [0.29, 0.717) is 12.2 Å². The zero-order valence-corrected chi connectivity index (χ0v) is 19.0. The summed E-state index contributed by atoms with van der Waals surface area (Å²) in [4.78, 5) is 31.8. The molecule has 1 fully saturated rings. The minimum atomic E-state index is -0.597. The number of amides is 1. The van der Waals surface area contributed by atoms with Gasteiger partial charge in [0.15, 0.2) is 12.3 Å². The van der Waals surface area contributed by atoms with Crippen LogP contribution in [0.4, 0.5) is 4.39 Å². The molecule has 0 unspecified atom stereocenters. The fraction of sp³-hybridized carbons (Fsp3) is 0.440. The second kappa shape index (κ2) is 10.1. The Balaban J connectivity index is 1.44. The van der Waals surface area contributed by atoms with Gasteiger partial charge in [-0.25, -0.2) is 18.9 Å². The van der Waals surface area contributed by atoms with E-state index in [9.17, 15) is 14.0 Å². The number of halogens is 1. The first-order valence-electron chi connectivity index (χ1n) is 11.5. The second-order valence-electron chi connectivity index (χ2n) is 8.84. The number of carbonyl (C=O) groups excluding carboxylic acids is 2. The van der Waals surface area contributed by atoms with Crippen molar-refractivity contribution in [3.8, 4) is 0 Å². The molecule has 33 heavy (non-hydrogen) atoms. The monoisotopic (exact) mass is 452 g/mol. The quantitative estimate of drug-likeness (QED) is 0.487. The third-order valence-electron chi connectivity index (χ3n) is 6.09. The standard InChI is InChI=1S/C25H29FN4O3/c1-17(2)30-24-19(14-28-30)12-20(13-27-24)25(32)33-16-23(31)29(22-6-4-3-5-7-22)15-18-8-10-21(26)11-9-18/h8-14,17,22H,3-7,15-16H2,1-2H3. The molecule has 174 valence electrons. The van der Waals surface area contributed by atoms with Gasteiger partial charge in [-0.15, -0.1) is 0 Å². The van der Waals surface area contributed by atoms with Crippen molar-refractivity contribution in [2.45, 2.75) is 64.6 Å². The molecule has 1 saturated carbocycles. The summed E-state index contributed by atoms with van der Waals surface area (Å²) in [6.07, 6.45) is 8.24. The van der Waals surface area contributed by atoms with Crippen molar-refractivity contribution in [2.75, 3.05) is 6.61 Å². The van der Waals surface area contributed by atoms with E-state index in [1.807, 2.05) is 13.8 Å². The van der Waals surface area contributed by atoms with Crippen LogP contribution in [0.25, 0.3) is 11.0 Å². The number of rotatable bonds is 7. The molecule has 0 N–H and O–H groups in total. The van der Waals surface area contributed by atoms with Crippen LogP contribution < -0.4 is 0 Å². The Morgan fingerprint density at radius 3 is 2.58 bits per heavy atom. The molecule has 2 aromatic heterocycles. The van der Waals surface area contributed by atoms with Gasteiger partial charge in [-0.05, 0) is 50.5 Å². The Hall–Kier alpha value is -3.29. The van der Waals surface area contributed by atoms with Crippen molar-refractivity contribution < 1.29 is 18.7 Å². The molecule has 0 bridgehead atoms. The van der Waals surface area contributed by atoms with Crippen molar-refractivity contribution in [3.63, 3.8) is 0 Å². The van der Waals surface area contributed by atoms with Crippen LogP contribution in [0.15, 0.2) is 42.7 Å². The van der Waals surface area contributed by atoms with Gasteiger partial charge < -0.3 is 9.64 Å². The lowest BCUT2D eigenvalue weighted by atomic mass is 9.93. The minimum absolute atomic E-state index is 0.0925. The Kier molecular flexibility index (Phi) is 7.01. The lowest BCUT2D eigenvalue weighted by Crippen LogP contribution is -2.43. The summed E-state index contributed by atoms with van der Waals surface area (Å²) in [6.45, 7) is 4.03. The molecule has 0 atom stereocenters. The van der Waals surface area contributed by atoms with E-state index >= 15 is 0 Å². The van der Waals surface area contributed by atoms with Crippen LogP contribution in [-0.2, 0) is 16.1 Å². The van der Waals surface area contributed by atoms with Gasteiger partial charge in [0, 0.05) is 30.2 Å². The van der Waals surface area contributed by atoms with Gasteiger partial charge in [-0.1, -0.05) is 31.4 Å². The highest BCUT2D eigenvalue weighted by Gasteiger charge is 2.26. The number of nitrogens with zero attached hydrogens (tertiary/aromatic N) is 4. The van der Waals surface area contributed by atoms with Crippen LogP contribution in [0.3, 0.4) is 0 Å². The van der Waals surface area contributed by atoms with Crippen LogP contribution in [-0.4, -0.2) is 44.2 Å². The highest BCUT2D eigenvalue weighted by molar-refractivity contribution is 5.94. The minimum Gasteiger partial charge on any atom is -0.452 e. The maximum atomic E-state index is 13.3. The summed E-state index contributed by atoms with van der Waals surface area (Å²) in [5.41, 5.74) is 1.82. The molecule has 4 rings (SSSR count). The second-order valence-corrected chi connectivity index (χ2v) is 8.84. The number of benzene rings is 1. The van der Waals surface area contributed by atoms with Gasteiger partial charge in [0.25, 0.3) is 5.91 Å². The summed E-state index contributed by atoms with van der Waals surface area (Å²) < 4.78 is 20.4. The molecule has 0 saturated heterocycles. The van der Waals surface area contributed by atoms with Crippen molar-refractivity contribution in [3.05, 3.63) is 59.7 Å². The van der Waals surface area contributed by atoms with Gasteiger partial charge in [0.1, 0.15) is 5.82 Å². The highest BCUT2D eigenvalue weighted by atomic mass is 19.1. The van der Waals surface area contributed by atoms with Gasteiger partial charge in [-0.3, -0.25) is 4.79 Å². The van der Waals surface area contributed by atoms with E-state index in [1.165, 1.54) is 18.3 Å². The van der Waals surface area contributed by atoms with E-state index in [2.05, 4.69) is 10.1 Å². The van der Waals surface area contributed by atoms with Crippen molar-refractivity contribution in [2.24, 2.45) is 0 Å². The summed E-state index contributed by atoms with van der Waals surface area (Å²) in [5, 5.41) is 5.05. The van der Waals surface area contributed by atoms with Crippen molar-refractivity contribution in [1.29, 1.82) is 0 Å². The number of hydrogen-bond donors (Lipinski definition) is 0. The lowest BCUT2D eigenvalue weighted by Gasteiger charge is -2.34. The summed E-state index contributed by atoms with van der Waals surface area (Å²) in [6, 6.07) is 8.07. The van der Waals surface area contributed by atoms with E-state index < -0.39 is 5.97 Å². The molecule has 2 heterocycles. The normalized spacial score (nSPS) is 14.5. The first-order valence-corrected chi connectivity index (χ1v) is 11.5. The number of aromatic nitrogens is 3.